The zero-order valence-electron chi connectivity index (χ0n) is 18.4. The number of carbonyl (C=O) groups excluding carboxylic acids is 2. The third-order valence-electron chi connectivity index (χ3n) is 5.47. The maximum Gasteiger partial charge on any atom is 0.310 e. The van der Waals surface area contributed by atoms with Crippen molar-refractivity contribution in [3.05, 3.63) is 12.2 Å². The second-order valence-electron chi connectivity index (χ2n) is 8.50. The second-order valence-corrected chi connectivity index (χ2v) is 8.50. The number of rotatable bonds is 15. The summed E-state index contributed by atoms with van der Waals surface area (Å²) in [5, 5.41) is 0. The molecule has 0 amide bonds. The van der Waals surface area contributed by atoms with E-state index in [2.05, 4.69) is 20.8 Å². The Hall–Kier alpha value is -1.32. The van der Waals surface area contributed by atoms with Gasteiger partial charge in [-0.15, -0.1) is 0 Å². The summed E-state index contributed by atoms with van der Waals surface area (Å²) in [5.41, 5.74) is 0. The number of hydrogen-bond donors (Lipinski definition) is 0. The molecule has 2 unspecified atom stereocenters. The molecule has 0 saturated carbocycles. The number of carbonyl (C=O) groups is 2. The van der Waals surface area contributed by atoms with E-state index in [4.69, 9.17) is 9.47 Å². The van der Waals surface area contributed by atoms with Gasteiger partial charge in [-0.05, 0) is 31.6 Å². The third-order valence-corrected chi connectivity index (χ3v) is 5.47. The molecule has 0 fully saturated rings. The topological polar surface area (TPSA) is 52.6 Å². The average molecular weight is 395 g/mol. The van der Waals surface area contributed by atoms with Gasteiger partial charge in [0, 0.05) is 0 Å². The highest BCUT2D eigenvalue weighted by atomic mass is 16.5. The van der Waals surface area contributed by atoms with Gasteiger partial charge in [-0.2, -0.15) is 0 Å². The van der Waals surface area contributed by atoms with Gasteiger partial charge in [0.2, 0.25) is 0 Å². The van der Waals surface area contributed by atoms with E-state index in [0.29, 0.717) is 32.0 Å². The van der Waals surface area contributed by atoms with E-state index in [1.54, 1.807) is 0 Å². The molecule has 0 aromatic rings. The molecule has 1 rings (SSSR count). The Morgan fingerprint density at radius 1 is 0.786 bits per heavy atom. The molecule has 1 aliphatic carbocycles. The SMILES string of the molecule is CCCCCCCCCCCOC(=O)C1CC=CCC1C(=O)OCCC(C)C. The van der Waals surface area contributed by atoms with Crippen molar-refractivity contribution >= 4 is 11.9 Å². The van der Waals surface area contributed by atoms with Crippen LogP contribution in [0.4, 0.5) is 0 Å². The number of unbranched alkanes of at least 4 members (excludes halogenated alkanes) is 8. The molecule has 0 spiro atoms. The maximum absolute atomic E-state index is 12.5. The molecule has 162 valence electrons. The minimum Gasteiger partial charge on any atom is -0.465 e. The summed E-state index contributed by atoms with van der Waals surface area (Å²) >= 11 is 0. The van der Waals surface area contributed by atoms with Gasteiger partial charge in [0.25, 0.3) is 0 Å². The summed E-state index contributed by atoms with van der Waals surface area (Å²) in [5.74, 6) is -0.788. The molecule has 0 radical (unpaired) electrons. The van der Waals surface area contributed by atoms with E-state index < -0.39 is 11.8 Å². The first kappa shape index (κ1) is 24.7. The fraction of sp³-hybridized carbons (Fsp3) is 0.833. The molecule has 1 aliphatic rings. The van der Waals surface area contributed by atoms with Crippen LogP contribution < -0.4 is 0 Å². The Bertz CT molecular complexity index is 456. The minimum atomic E-state index is -0.396. The number of esters is 2. The predicted molar refractivity (Wildman–Crippen MR) is 114 cm³/mol. The summed E-state index contributed by atoms with van der Waals surface area (Å²) in [6.07, 6.45) is 17.1. The van der Waals surface area contributed by atoms with Crippen LogP contribution in [0, 0.1) is 17.8 Å². The van der Waals surface area contributed by atoms with Crippen molar-refractivity contribution in [1.29, 1.82) is 0 Å². The highest BCUT2D eigenvalue weighted by Gasteiger charge is 2.36. The van der Waals surface area contributed by atoms with Gasteiger partial charge in [0.15, 0.2) is 0 Å². The summed E-state index contributed by atoms with van der Waals surface area (Å²) in [6.45, 7) is 7.33. The van der Waals surface area contributed by atoms with E-state index in [1.165, 1.54) is 44.9 Å². The summed E-state index contributed by atoms with van der Waals surface area (Å²) in [4.78, 5) is 24.8. The van der Waals surface area contributed by atoms with Crippen LogP contribution >= 0.6 is 0 Å². The van der Waals surface area contributed by atoms with E-state index >= 15 is 0 Å². The minimum absolute atomic E-state index is 0.241. The lowest BCUT2D eigenvalue weighted by molar-refractivity contribution is -0.161. The third kappa shape index (κ3) is 10.9. The van der Waals surface area contributed by atoms with Crippen LogP contribution in [0.5, 0.6) is 0 Å². The van der Waals surface area contributed by atoms with Gasteiger partial charge in [0.1, 0.15) is 0 Å². The van der Waals surface area contributed by atoms with Crippen molar-refractivity contribution in [2.45, 2.75) is 97.8 Å². The standard InChI is InChI=1S/C24H42O4/c1-4-5-6-7-8-9-10-11-14-18-27-23(25)21-15-12-13-16-22(21)24(26)28-19-17-20(2)3/h12-13,20-22H,4-11,14-19H2,1-3H3. The molecular formula is C24H42O4. The van der Waals surface area contributed by atoms with Crippen molar-refractivity contribution < 1.29 is 19.1 Å². The highest BCUT2D eigenvalue weighted by Crippen LogP contribution is 2.28. The largest absolute Gasteiger partial charge is 0.465 e. The van der Waals surface area contributed by atoms with Gasteiger partial charge in [-0.1, -0.05) is 84.3 Å². The van der Waals surface area contributed by atoms with Crippen LogP contribution in [0.2, 0.25) is 0 Å². The van der Waals surface area contributed by atoms with E-state index in [9.17, 15) is 9.59 Å². The molecule has 28 heavy (non-hydrogen) atoms. The quantitative estimate of drug-likeness (QED) is 0.188. The van der Waals surface area contributed by atoms with E-state index in [-0.39, 0.29) is 11.9 Å². The predicted octanol–water partition coefficient (Wildman–Crippen LogP) is 6.23. The van der Waals surface area contributed by atoms with Crippen LogP contribution in [0.15, 0.2) is 12.2 Å². The molecular weight excluding hydrogens is 352 g/mol. The Labute approximate surface area is 172 Å². The average Bonchev–Trinajstić information content (AvgIpc) is 2.69. The first-order valence-corrected chi connectivity index (χ1v) is 11.5. The fourth-order valence-corrected chi connectivity index (χ4v) is 3.53. The van der Waals surface area contributed by atoms with Crippen molar-refractivity contribution in [2.24, 2.45) is 17.8 Å². The number of allylic oxidation sites excluding steroid dienone is 2. The molecule has 0 aromatic carbocycles. The van der Waals surface area contributed by atoms with Crippen molar-refractivity contribution in [2.75, 3.05) is 13.2 Å². The normalized spacial score (nSPS) is 19.0. The van der Waals surface area contributed by atoms with Gasteiger partial charge in [-0.25, -0.2) is 0 Å². The van der Waals surface area contributed by atoms with Crippen molar-refractivity contribution in [1.82, 2.24) is 0 Å². The van der Waals surface area contributed by atoms with Gasteiger partial charge in [0.05, 0.1) is 25.0 Å². The molecule has 0 bridgehead atoms. The lowest BCUT2D eigenvalue weighted by atomic mass is 9.83. The summed E-state index contributed by atoms with van der Waals surface area (Å²) < 4.78 is 10.9. The number of hydrogen-bond acceptors (Lipinski definition) is 4. The van der Waals surface area contributed by atoms with Gasteiger partial charge >= 0.3 is 11.9 Å². The van der Waals surface area contributed by atoms with Crippen LogP contribution in [0.3, 0.4) is 0 Å². The second kappa shape index (κ2) is 15.6. The molecule has 0 saturated heterocycles. The van der Waals surface area contributed by atoms with E-state index in [1.807, 2.05) is 12.2 Å². The van der Waals surface area contributed by atoms with Gasteiger partial charge < -0.3 is 9.47 Å². The van der Waals surface area contributed by atoms with Crippen LogP contribution in [0.1, 0.15) is 97.8 Å². The van der Waals surface area contributed by atoms with Gasteiger partial charge in [-0.3, -0.25) is 9.59 Å². The monoisotopic (exact) mass is 394 g/mol. The summed E-state index contributed by atoms with van der Waals surface area (Å²) in [6, 6.07) is 0. The number of ether oxygens (including phenoxy) is 2. The van der Waals surface area contributed by atoms with Crippen LogP contribution in [-0.2, 0) is 19.1 Å². The summed E-state index contributed by atoms with van der Waals surface area (Å²) in [7, 11) is 0. The molecule has 0 N–H and O–H groups in total. The smallest absolute Gasteiger partial charge is 0.310 e. The van der Waals surface area contributed by atoms with Crippen molar-refractivity contribution in [3.63, 3.8) is 0 Å². The molecule has 0 aliphatic heterocycles. The molecule has 4 nitrogen and oxygen atoms in total. The first-order chi connectivity index (χ1) is 13.6. The Morgan fingerprint density at radius 3 is 1.75 bits per heavy atom. The molecule has 0 aromatic heterocycles. The van der Waals surface area contributed by atoms with Crippen LogP contribution in [0.25, 0.3) is 0 Å². The Kier molecular flexibility index (Phi) is 13.8. The van der Waals surface area contributed by atoms with E-state index in [0.717, 1.165) is 19.3 Å². The lowest BCUT2D eigenvalue weighted by Gasteiger charge is -2.25. The highest BCUT2D eigenvalue weighted by molar-refractivity contribution is 5.82. The zero-order valence-corrected chi connectivity index (χ0v) is 18.4. The maximum atomic E-state index is 12.5. The first-order valence-electron chi connectivity index (χ1n) is 11.5. The van der Waals surface area contributed by atoms with Crippen LogP contribution in [-0.4, -0.2) is 25.2 Å². The Morgan fingerprint density at radius 2 is 1.25 bits per heavy atom. The lowest BCUT2D eigenvalue weighted by Crippen LogP contribution is -2.34. The molecule has 4 heteroatoms. The molecule has 0 heterocycles. The van der Waals surface area contributed by atoms with Crippen molar-refractivity contribution in [3.8, 4) is 0 Å². The Balaban J connectivity index is 2.20. The fourth-order valence-electron chi connectivity index (χ4n) is 3.53. The molecule has 2 atom stereocenters. The zero-order chi connectivity index (χ0) is 20.6.